The first kappa shape index (κ1) is 17.8. The molecule has 2 aromatic carbocycles. The number of amides is 1. The molecule has 4 rings (SSSR count). The quantitative estimate of drug-likeness (QED) is 0.758. The lowest BCUT2D eigenvalue weighted by atomic mass is 10.1. The summed E-state index contributed by atoms with van der Waals surface area (Å²) in [4.78, 5) is 15.0. The molecule has 6 heteroatoms. The van der Waals surface area contributed by atoms with Gasteiger partial charge in [0.15, 0.2) is 0 Å². The molecule has 26 heavy (non-hydrogen) atoms. The predicted octanol–water partition coefficient (Wildman–Crippen LogP) is 4.68. The number of carbonyl (C=O) groups excluding carboxylic acids is 1. The molecule has 2 atom stereocenters. The van der Waals surface area contributed by atoms with Crippen LogP contribution in [0.25, 0.3) is 0 Å². The summed E-state index contributed by atoms with van der Waals surface area (Å²) in [5.74, 6) is 0.367. The van der Waals surface area contributed by atoms with E-state index in [1.54, 1.807) is 0 Å². The van der Waals surface area contributed by atoms with Gasteiger partial charge in [-0.1, -0.05) is 45.7 Å². The van der Waals surface area contributed by atoms with Crippen LogP contribution in [-0.2, 0) is 9.53 Å². The van der Waals surface area contributed by atoms with Gasteiger partial charge in [0.2, 0.25) is 5.91 Å². The maximum absolute atomic E-state index is 12.8. The standard InChI is InChI=1S/C20H20BrClN2O2/c21-14-4-1-3-13(11-14)15-12-16(15)20(25)23-18-6-2-5-17(22)19(18)24-7-9-26-10-8-24/h1-6,11,15-16H,7-10,12H2,(H,23,25). The lowest BCUT2D eigenvalue weighted by Gasteiger charge is -2.31. The summed E-state index contributed by atoms with van der Waals surface area (Å²) < 4.78 is 6.47. The predicted molar refractivity (Wildman–Crippen MR) is 108 cm³/mol. The van der Waals surface area contributed by atoms with Gasteiger partial charge in [-0.05, 0) is 42.2 Å². The van der Waals surface area contributed by atoms with E-state index < -0.39 is 0 Å². The number of para-hydroxylation sites is 1. The molecule has 0 aromatic heterocycles. The van der Waals surface area contributed by atoms with Gasteiger partial charge in [-0.2, -0.15) is 0 Å². The van der Waals surface area contributed by atoms with Crippen LogP contribution in [0.5, 0.6) is 0 Å². The normalized spacial score (nSPS) is 22.2. The number of carbonyl (C=O) groups is 1. The van der Waals surface area contributed by atoms with Gasteiger partial charge in [0.05, 0.1) is 29.6 Å². The van der Waals surface area contributed by atoms with Gasteiger partial charge in [-0.15, -0.1) is 0 Å². The highest BCUT2D eigenvalue weighted by atomic mass is 79.9. The van der Waals surface area contributed by atoms with Crippen molar-refractivity contribution in [2.24, 2.45) is 5.92 Å². The fraction of sp³-hybridized carbons (Fsp3) is 0.350. The molecule has 0 bridgehead atoms. The number of hydrogen-bond donors (Lipinski definition) is 1. The first-order valence-corrected chi connectivity index (χ1v) is 9.98. The molecule has 2 unspecified atom stereocenters. The molecule has 2 aromatic rings. The minimum absolute atomic E-state index is 0.0146. The molecule has 2 aliphatic rings. The van der Waals surface area contributed by atoms with Gasteiger partial charge >= 0.3 is 0 Å². The van der Waals surface area contributed by atoms with Crippen LogP contribution in [-0.4, -0.2) is 32.2 Å². The highest BCUT2D eigenvalue weighted by Crippen LogP contribution is 2.49. The maximum Gasteiger partial charge on any atom is 0.228 e. The van der Waals surface area contributed by atoms with Gasteiger partial charge < -0.3 is 15.0 Å². The molecular formula is C20H20BrClN2O2. The van der Waals surface area contributed by atoms with Crippen LogP contribution in [0.4, 0.5) is 11.4 Å². The molecule has 1 aliphatic heterocycles. The summed E-state index contributed by atoms with van der Waals surface area (Å²) in [5.41, 5.74) is 2.88. The Bertz CT molecular complexity index is 823. The number of rotatable bonds is 4. The number of nitrogens with one attached hydrogen (secondary N) is 1. The summed E-state index contributed by atoms with van der Waals surface area (Å²) in [5, 5.41) is 3.76. The summed E-state index contributed by atoms with van der Waals surface area (Å²) >= 11 is 9.94. The van der Waals surface area contributed by atoms with Crippen LogP contribution >= 0.6 is 27.5 Å². The Morgan fingerprint density at radius 3 is 2.73 bits per heavy atom. The third-order valence-corrected chi connectivity index (χ3v) is 5.77. The van der Waals surface area contributed by atoms with Crippen LogP contribution in [0.3, 0.4) is 0 Å². The number of halogens is 2. The largest absolute Gasteiger partial charge is 0.378 e. The third kappa shape index (κ3) is 3.75. The smallest absolute Gasteiger partial charge is 0.228 e. The maximum atomic E-state index is 12.8. The van der Waals surface area contributed by atoms with E-state index in [-0.39, 0.29) is 11.8 Å². The summed E-state index contributed by atoms with van der Waals surface area (Å²) in [6.07, 6.45) is 0.885. The molecule has 1 amide bonds. The SMILES string of the molecule is O=C(Nc1cccc(Cl)c1N1CCOCC1)C1CC1c1cccc(Br)c1. The van der Waals surface area contributed by atoms with Gasteiger partial charge in [-0.25, -0.2) is 0 Å². The minimum Gasteiger partial charge on any atom is -0.378 e. The van der Waals surface area contributed by atoms with Crippen LogP contribution < -0.4 is 10.2 Å². The molecule has 1 heterocycles. The molecular weight excluding hydrogens is 416 g/mol. The lowest BCUT2D eigenvalue weighted by molar-refractivity contribution is -0.117. The van der Waals surface area contributed by atoms with Crippen LogP contribution in [0.15, 0.2) is 46.9 Å². The van der Waals surface area contributed by atoms with E-state index in [0.717, 1.165) is 35.4 Å². The Kier molecular flexibility index (Phi) is 5.20. The second-order valence-electron chi connectivity index (χ2n) is 6.73. The van der Waals surface area contributed by atoms with E-state index in [0.29, 0.717) is 24.2 Å². The Labute approximate surface area is 166 Å². The number of ether oxygens (including phenoxy) is 1. The van der Waals surface area contributed by atoms with E-state index in [1.165, 1.54) is 5.56 Å². The molecule has 0 radical (unpaired) electrons. The van der Waals surface area contributed by atoms with Crippen molar-refractivity contribution >= 4 is 44.8 Å². The second-order valence-corrected chi connectivity index (χ2v) is 8.05. The lowest BCUT2D eigenvalue weighted by Crippen LogP contribution is -2.37. The number of hydrogen-bond acceptors (Lipinski definition) is 3. The fourth-order valence-electron chi connectivity index (χ4n) is 3.54. The van der Waals surface area contributed by atoms with Crippen molar-refractivity contribution in [2.45, 2.75) is 12.3 Å². The topological polar surface area (TPSA) is 41.6 Å². The first-order valence-electron chi connectivity index (χ1n) is 8.81. The van der Waals surface area contributed by atoms with Crippen LogP contribution in [0.1, 0.15) is 17.9 Å². The van der Waals surface area contributed by atoms with Crippen LogP contribution in [0, 0.1) is 5.92 Å². The van der Waals surface area contributed by atoms with Crippen molar-refractivity contribution in [3.05, 3.63) is 57.5 Å². The Morgan fingerprint density at radius 2 is 1.96 bits per heavy atom. The highest BCUT2D eigenvalue weighted by molar-refractivity contribution is 9.10. The summed E-state index contributed by atoms with van der Waals surface area (Å²) in [7, 11) is 0. The Hall–Kier alpha value is -1.56. The van der Waals surface area contributed by atoms with Crippen molar-refractivity contribution in [3.63, 3.8) is 0 Å². The molecule has 1 N–H and O–H groups in total. The minimum atomic E-state index is 0.0146. The molecule has 1 aliphatic carbocycles. The van der Waals surface area contributed by atoms with Gasteiger partial charge in [-0.3, -0.25) is 4.79 Å². The highest BCUT2D eigenvalue weighted by Gasteiger charge is 2.44. The van der Waals surface area contributed by atoms with Crippen molar-refractivity contribution < 1.29 is 9.53 Å². The van der Waals surface area contributed by atoms with Crippen molar-refractivity contribution in [1.82, 2.24) is 0 Å². The van der Waals surface area contributed by atoms with E-state index in [1.807, 2.05) is 30.3 Å². The molecule has 136 valence electrons. The summed E-state index contributed by atoms with van der Waals surface area (Å²) in [6, 6.07) is 13.9. The zero-order chi connectivity index (χ0) is 18.1. The van der Waals surface area contributed by atoms with Gasteiger partial charge in [0.1, 0.15) is 0 Å². The molecule has 1 saturated heterocycles. The Balaban J connectivity index is 1.49. The van der Waals surface area contributed by atoms with E-state index in [9.17, 15) is 4.79 Å². The monoisotopic (exact) mass is 434 g/mol. The second kappa shape index (κ2) is 7.59. The average molecular weight is 436 g/mol. The zero-order valence-corrected chi connectivity index (χ0v) is 16.6. The number of anilines is 2. The van der Waals surface area contributed by atoms with Crippen molar-refractivity contribution in [2.75, 3.05) is 36.5 Å². The van der Waals surface area contributed by atoms with Gasteiger partial charge in [0.25, 0.3) is 0 Å². The number of nitrogens with zero attached hydrogens (tertiary/aromatic N) is 1. The fourth-order valence-corrected chi connectivity index (χ4v) is 4.25. The van der Waals surface area contributed by atoms with E-state index >= 15 is 0 Å². The van der Waals surface area contributed by atoms with Crippen LogP contribution in [0.2, 0.25) is 5.02 Å². The van der Waals surface area contributed by atoms with Gasteiger partial charge in [0, 0.05) is 23.5 Å². The van der Waals surface area contributed by atoms with Crippen molar-refractivity contribution in [1.29, 1.82) is 0 Å². The molecule has 0 spiro atoms. The average Bonchev–Trinajstić information content (AvgIpc) is 3.44. The molecule has 1 saturated carbocycles. The Morgan fingerprint density at radius 1 is 1.19 bits per heavy atom. The zero-order valence-electron chi connectivity index (χ0n) is 14.3. The van der Waals surface area contributed by atoms with E-state index in [2.05, 4.69) is 38.3 Å². The number of morpholine rings is 1. The van der Waals surface area contributed by atoms with E-state index in [4.69, 9.17) is 16.3 Å². The number of benzene rings is 2. The third-order valence-electron chi connectivity index (χ3n) is 4.98. The first-order chi connectivity index (χ1) is 12.6. The molecule has 4 nitrogen and oxygen atoms in total. The van der Waals surface area contributed by atoms with Crippen molar-refractivity contribution in [3.8, 4) is 0 Å². The summed E-state index contributed by atoms with van der Waals surface area (Å²) in [6.45, 7) is 2.89. The molecule has 2 fully saturated rings.